The van der Waals surface area contributed by atoms with Gasteiger partial charge < -0.3 is 15.4 Å². The third-order valence-corrected chi connectivity index (χ3v) is 2.82. The van der Waals surface area contributed by atoms with E-state index in [2.05, 4.69) is 10.6 Å². The molecule has 0 aromatic rings. The summed E-state index contributed by atoms with van der Waals surface area (Å²) in [5.74, 6) is 0.742. The molecule has 70 valence electrons. The zero-order chi connectivity index (χ0) is 8.23. The van der Waals surface area contributed by atoms with Crippen LogP contribution in [0, 0.1) is 5.92 Å². The molecule has 0 aromatic heterocycles. The number of hydrogen-bond acceptors (Lipinski definition) is 3. The highest BCUT2D eigenvalue weighted by atomic mass is 16.5. The highest BCUT2D eigenvalue weighted by Crippen LogP contribution is 2.17. The molecule has 2 saturated heterocycles. The molecule has 3 nitrogen and oxygen atoms in total. The van der Waals surface area contributed by atoms with Crippen molar-refractivity contribution in [2.75, 3.05) is 32.8 Å². The molecule has 2 rings (SSSR count). The van der Waals surface area contributed by atoms with Crippen molar-refractivity contribution in [1.29, 1.82) is 0 Å². The molecule has 2 N–H and O–H groups in total. The zero-order valence-electron chi connectivity index (χ0n) is 7.51. The molecule has 2 unspecified atom stereocenters. The van der Waals surface area contributed by atoms with Crippen LogP contribution in [0.4, 0.5) is 0 Å². The van der Waals surface area contributed by atoms with Crippen molar-refractivity contribution in [1.82, 2.24) is 10.6 Å². The SMILES string of the molecule is C1CNCC(C2CNCCO2)C1. The lowest BCUT2D eigenvalue weighted by molar-refractivity contribution is -0.0151. The smallest absolute Gasteiger partial charge is 0.0740 e. The second-order valence-electron chi connectivity index (χ2n) is 3.72. The Morgan fingerprint density at radius 3 is 2.67 bits per heavy atom. The van der Waals surface area contributed by atoms with Gasteiger partial charge in [-0.05, 0) is 25.3 Å². The van der Waals surface area contributed by atoms with Gasteiger partial charge in [-0.25, -0.2) is 0 Å². The van der Waals surface area contributed by atoms with Crippen LogP contribution in [0.3, 0.4) is 0 Å². The fourth-order valence-electron chi connectivity index (χ4n) is 2.08. The van der Waals surface area contributed by atoms with Gasteiger partial charge in [-0.3, -0.25) is 0 Å². The molecule has 0 saturated carbocycles. The van der Waals surface area contributed by atoms with Crippen molar-refractivity contribution >= 4 is 0 Å². The minimum absolute atomic E-state index is 0.464. The van der Waals surface area contributed by atoms with E-state index >= 15 is 0 Å². The van der Waals surface area contributed by atoms with E-state index in [1.54, 1.807) is 0 Å². The molecule has 2 heterocycles. The first kappa shape index (κ1) is 8.48. The number of morpholine rings is 1. The van der Waals surface area contributed by atoms with E-state index in [1.807, 2.05) is 0 Å². The molecule has 0 spiro atoms. The highest BCUT2D eigenvalue weighted by Gasteiger charge is 2.25. The van der Waals surface area contributed by atoms with E-state index < -0.39 is 0 Å². The summed E-state index contributed by atoms with van der Waals surface area (Å²) in [6.45, 7) is 5.30. The lowest BCUT2D eigenvalue weighted by Gasteiger charge is -2.33. The first-order valence-corrected chi connectivity index (χ1v) is 5.00. The molecule has 0 aromatic carbocycles. The first-order chi connectivity index (χ1) is 5.97. The van der Waals surface area contributed by atoms with Gasteiger partial charge in [0.05, 0.1) is 12.7 Å². The largest absolute Gasteiger partial charge is 0.375 e. The van der Waals surface area contributed by atoms with E-state index in [9.17, 15) is 0 Å². The maximum atomic E-state index is 5.71. The van der Waals surface area contributed by atoms with E-state index in [-0.39, 0.29) is 0 Å². The molecule has 2 fully saturated rings. The summed E-state index contributed by atoms with van der Waals surface area (Å²) in [6, 6.07) is 0. The lowest BCUT2D eigenvalue weighted by Crippen LogP contribution is -2.47. The predicted octanol–water partition coefficient (Wildman–Crippen LogP) is -0.0256. The maximum absolute atomic E-state index is 5.71. The molecule has 2 atom stereocenters. The van der Waals surface area contributed by atoms with Crippen molar-refractivity contribution < 1.29 is 4.74 Å². The van der Waals surface area contributed by atoms with Crippen molar-refractivity contribution in [3.05, 3.63) is 0 Å². The minimum Gasteiger partial charge on any atom is -0.375 e. The van der Waals surface area contributed by atoms with Crippen LogP contribution < -0.4 is 10.6 Å². The Labute approximate surface area is 73.9 Å². The van der Waals surface area contributed by atoms with Crippen LogP contribution in [0.25, 0.3) is 0 Å². The van der Waals surface area contributed by atoms with Gasteiger partial charge >= 0.3 is 0 Å². The molecular weight excluding hydrogens is 152 g/mol. The van der Waals surface area contributed by atoms with Crippen LogP contribution in [0.5, 0.6) is 0 Å². The monoisotopic (exact) mass is 170 g/mol. The number of nitrogens with one attached hydrogen (secondary N) is 2. The Balaban J connectivity index is 1.80. The summed E-state index contributed by atoms with van der Waals surface area (Å²) in [4.78, 5) is 0. The standard InChI is InChI=1S/C9H18N2O/c1-2-8(6-10-3-1)9-7-11-4-5-12-9/h8-11H,1-7H2. The van der Waals surface area contributed by atoms with E-state index in [0.717, 1.165) is 32.2 Å². The van der Waals surface area contributed by atoms with Crippen LogP contribution in [0.1, 0.15) is 12.8 Å². The van der Waals surface area contributed by atoms with Gasteiger partial charge in [-0.2, -0.15) is 0 Å². The number of piperidine rings is 1. The molecule has 2 aliphatic rings. The number of ether oxygens (including phenoxy) is 1. The van der Waals surface area contributed by atoms with Gasteiger partial charge in [-0.1, -0.05) is 0 Å². The first-order valence-electron chi connectivity index (χ1n) is 5.00. The molecular formula is C9H18N2O. The fraction of sp³-hybridized carbons (Fsp3) is 1.00. The normalized spacial score (nSPS) is 38.0. The van der Waals surface area contributed by atoms with Crippen molar-refractivity contribution in [2.45, 2.75) is 18.9 Å². The van der Waals surface area contributed by atoms with Gasteiger partial charge in [-0.15, -0.1) is 0 Å². The Kier molecular flexibility index (Phi) is 2.98. The average molecular weight is 170 g/mol. The zero-order valence-corrected chi connectivity index (χ0v) is 7.51. The van der Waals surface area contributed by atoms with Crippen molar-refractivity contribution in [3.63, 3.8) is 0 Å². The Morgan fingerprint density at radius 2 is 2.00 bits per heavy atom. The van der Waals surface area contributed by atoms with E-state index in [4.69, 9.17) is 4.74 Å². The van der Waals surface area contributed by atoms with Gasteiger partial charge in [0, 0.05) is 19.6 Å². The summed E-state index contributed by atoms with van der Waals surface area (Å²) in [6.07, 6.45) is 3.11. The molecule has 2 aliphatic heterocycles. The third kappa shape index (κ3) is 1.97. The summed E-state index contributed by atoms with van der Waals surface area (Å²) >= 11 is 0. The van der Waals surface area contributed by atoms with Crippen LogP contribution in [-0.2, 0) is 4.74 Å². The number of hydrogen-bond donors (Lipinski definition) is 2. The van der Waals surface area contributed by atoms with Gasteiger partial charge in [0.25, 0.3) is 0 Å². The number of rotatable bonds is 1. The van der Waals surface area contributed by atoms with Crippen molar-refractivity contribution in [2.24, 2.45) is 5.92 Å². The predicted molar refractivity (Wildman–Crippen MR) is 48.2 cm³/mol. The Hall–Kier alpha value is -0.120. The second kappa shape index (κ2) is 4.21. The van der Waals surface area contributed by atoms with Crippen molar-refractivity contribution in [3.8, 4) is 0 Å². The van der Waals surface area contributed by atoms with Gasteiger partial charge in [0.1, 0.15) is 0 Å². The van der Waals surface area contributed by atoms with Crippen LogP contribution >= 0.6 is 0 Å². The summed E-state index contributed by atoms with van der Waals surface area (Å²) in [5, 5.41) is 6.80. The topological polar surface area (TPSA) is 33.3 Å². The lowest BCUT2D eigenvalue weighted by atomic mass is 9.93. The average Bonchev–Trinajstić information content (AvgIpc) is 2.21. The molecule has 0 amide bonds. The Bertz CT molecular complexity index is 112. The second-order valence-corrected chi connectivity index (χ2v) is 3.72. The summed E-state index contributed by atoms with van der Waals surface area (Å²) in [7, 11) is 0. The summed E-state index contributed by atoms with van der Waals surface area (Å²) in [5.41, 5.74) is 0. The van der Waals surface area contributed by atoms with E-state index in [1.165, 1.54) is 19.4 Å². The van der Waals surface area contributed by atoms with Gasteiger partial charge in [0.15, 0.2) is 0 Å². The van der Waals surface area contributed by atoms with Crippen LogP contribution in [0.15, 0.2) is 0 Å². The Morgan fingerprint density at radius 1 is 1.08 bits per heavy atom. The third-order valence-electron chi connectivity index (χ3n) is 2.82. The highest BCUT2D eigenvalue weighted by molar-refractivity contribution is 4.80. The maximum Gasteiger partial charge on any atom is 0.0740 e. The molecule has 0 radical (unpaired) electrons. The van der Waals surface area contributed by atoms with E-state index in [0.29, 0.717) is 6.10 Å². The van der Waals surface area contributed by atoms with Crippen LogP contribution in [0.2, 0.25) is 0 Å². The molecule has 12 heavy (non-hydrogen) atoms. The van der Waals surface area contributed by atoms with Gasteiger partial charge in [0.2, 0.25) is 0 Å². The van der Waals surface area contributed by atoms with Crippen LogP contribution in [-0.4, -0.2) is 38.9 Å². The summed E-state index contributed by atoms with van der Waals surface area (Å²) < 4.78 is 5.71. The minimum atomic E-state index is 0.464. The quantitative estimate of drug-likeness (QED) is 0.580. The fourth-order valence-corrected chi connectivity index (χ4v) is 2.08. The molecule has 0 bridgehead atoms. The molecule has 3 heteroatoms. The molecule has 0 aliphatic carbocycles.